The largest absolute Gasteiger partial charge is 0.502 e. The molecule has 152 valence electrons. The van der Waals surface area contributed by atoms with E-state index in [0.29, 0.717) is 5.56 Å². The molecule has 0 bridgehead atoms. The maximum atomic E-state index is 11.2. The van der Waals surface area contributed by atoms with Crippen molar-refractivity contribution < 1.29 is 14.6 Å². The third-order valence-corrected chi connectivity index (χ3v) is 5.06. The van der Waals surface area contributed by atoms with Gasteiger partial charge in [0, 0.05) is 5.41 Å². The van der Waals surface area contributed by atoms with E-state index in [4.69, 9.17) is 0 Å². The number of rotatable bonds is 5. The van der Waals surface area contributed by atoms with Crippen LogP contribution in [0, 0.1) is 0 Å². The van der Waals surface area contributed by atoms with Crippen LogP contribution in [0.5, 0.6) is 0 Å². The number of benzene rings is 1. The lowest BCUT2D eigenvalue weighted by atomic mass is 9.64. The van der Waals surface area contributed by atoms with Gasteiger partial charge in [-0.3, -0.25) is 0 Å². The van der Waals surface area contributed by atoms with E-state index in [-0.39, 0.29) is 5.41 Å². The highest BCUT2D eigenvalue weighted by Crippen LogP contribution is 2.46. The molecular weight excluding hydrogens is 336 g/mol. The Kier molecular flexibility index (Phi) is 12.2. The summed E-state index contributed by atoms with van der Waals surface area (Å²) in [7, 11) is 1.60. The van der Waals surface area contributed by atoms with Gasteiger partial charge in [0.05, 0.1) is 18.4 Å². The predicted octanol–water partition coefficient (Wildman–Crippen LogP) is 7.14. The Morgan fingerprint density at radius 3 is 2.22 bits per heavy atom. The van der Waals surface area contributed by atoms with Crippen LogP contribution in [0.2, 0.25) is 0 Å². The van der Waals surface area contributed by atoms with Crippen LogP contribution in [0.4, 0.5) is 0 Å². The highest BCUT2D eigenvalue weighted by molar-refractivity contribution is 5.87. The first-order valence-electron chi connectivity index (χ1n) is 10.1. The fraction of sp³-hybridized carbons (Fsp3) is 0.542. The Morgan fingerprint density at radius 2 is 1.81 bits per heavy atom. The molecule has 0 aromatic heterocycles. The lowest BCUT2D eigenvalue weighted by Gasteiger charge is -2.40. The van der Waals surface area contributed by atoms with E-state index < -0.39 is 5.97 Å². The summed E-state index contributed by atoms with van der Waals surface area (Å²) in [4.78, 5) is 11.2. The van der Waals surface area contributed by atoms with Gasteiger partial charge in [-0.25, -0.2) is 4.79 Å². The number of methoxy groups -OCH3 is 1. The van der Waals surface area contributed by atoms with E-state index in [1.54, 1.807) is 20.1 Å². The van der Waals surface area contributed by atoms with Gasteiger partial charge < -0.3 is 9.84 Å². The summed E-state index contributed by atoms with van der Waals surface area (Å²) in [6.45, 7) is 13.6. The number of hydrogen-bond acceptors (Lipinski definition) is 2. The molecule has 0 aliphatic heterocycles. The number of carbonyl (C=O) groups is 1. The van der Waals surface area contributed by atoms with Crippen molar-refractivity contribution in [2.45, 2.75) is 78.6 Å². The van der Waals surface area contributed by atoms with Crippen molar-refractivity contribution in [2.75, 3.05) is 7.11 Å². The Hall–Kier alpha value is -2.03. The topological polar surface area (TPSA) is 46.5 Å². The quantitative estimate of drug-likeness (QED) is 0.440. The highest BCUT2D eigenvalue weighted by Gasteiger charge is 2.36. The van der Waals surface area contributed by atoms with Crippen molar-refractivity contribution in [3.05, 3.63) is 59.4 Å². The molecule has 3 nitrogen and oxygen atoms in total. The van der Waals surface area contributed by atoms with Gasteiger partial charge in [-0.05, 0) is 50.8 Å². The Morgan fingerprint density at radius 1 is 1.26 bits per heavy atom. The fourth-order valence-electron chi connectivity index (χ4n) is 3.72. The van der Waals surface area contributed by atoms with E-state index in [2.05, 4.69) is 37.3 Å². The molecule has 1 aromatic rings. The van der Waals surface area contributed by atoms with Crippen molar-refractivity contribution in [3.8, 4) is 0 Å². The van der Waals surface area contributed by atoms with Crippen LogP contribution >= 0.6 is 0 Å². The van der Waals surface area contributed by atoms with Gasteiger partial charge in [0.15, 0.2) is 0 Å². The minimum Gasteiger partial charge on any atom is -0.502 e. The van der Waals surface area contributed by atoms with Gasteiger partial charge in [0.25, 0.3) is 0 Å². The minimum atomic E-state index is -0.837. The summed E-state index contributed by atoms with van der Waals surface area (Å²) >= 11 is 0. The van der Waals surface area contributed by atoms with Crippen molar-refractivity contribution >= 4 is 5.97 Å². The van der Waals surface area contributed by atoms with Gasteiger partial charge >= 0.3 is 5.97 Å². The predicted molar refractivity (Wildman–Crippen MR) is 115 cm³/mol. The first-order chi connectivity index (χ1) is 12.9. The van der Waals surface area contributed by atoms with E-state index in [9.17, 15) is 9.90 Å². The zero-order valence-corrected chi connectivity index (χ0v) is 18.1. The van der Waals surface area contributed by atoms with Crippen molar-refractivity contribution in [1.29, 1.82) is 0 Å². The van der Waals surface area contributed by atoms with Crippen molar-refractivity contribution in [1.82, 2.24) is 0 Å². The zero-order chi connectivity index (χ0) is 20.9. The molecule has 0 amide bonds. The average molecular weight is 375 g/mol. The molecule has 3 heteroatoms. The lowest BCUT2D eigenvalue weighted by Crippen LogP contribution is -2.31. The standard InChI is InChI=1S/C18H24O2.C4H8O.C2H6/c1-3-15(4-2)18(11-6-5-7-12-18)16-10-8-9-14(13-16)17(19)20;1-4(2)5-3;1-2/h3,8-10,13H,4-7,11-12H2,1-2H3,(H,19,20);1H2,2-3H3;1-2H3/b15-3+;;. The maximum absolute atomic E-state index is 11.2. The molecule has 0 spiro atoms. The number of ether oxygens (including phenoxy) is 1. The number of allylic oxidation sites excluding steroid dienone is 3. The molecule has 1 N–H and O–H groups in total. The molecule has 0 heterocycles. The number of carboxylic acid groups (broad SMARTS) is 1. The summed E-state index contributed by atoms with van der Waals surface area (Å²) in [5, 5.41) is 9.23. The van der Waals surface area contributed by atoms with Crippen LogP contribution in [-0.4, -0.2) is 18.2 Å². The second-order valence-electron chi connectivity index (χ2n) is 6.60. The molecule has 2 rings (SSSR count). The van der Waals surface area contributed by atoms with E-state index in [1.807, 2.05) is 26.0 Å². The van der Waals surface area contributed by atoms with Gasteiger partial charge in [-0.1, -0.05) is 70.4 Å². The normalized spacial score (nSPS) is 15.4. The first kappa shape index (κ1) is 25.0. The molecule has 1 fully saturated rings. The van der Waals surface area contributed by atoms with E-state index in [1.165, 1.54) is 30.4 Å². The molecule has 0 radical (unpaired) electrons. The molecule has 27 heavy (non-hydrogen) atoms. The van der Waals surface area contributed by atoms with Gasteiger partial charge in [0.2, 0.25) is 0 Å². The van der Waals surface area contributed by atoms with Crippen LogP contribution < -0.4 is 0 Å². The molecular formula is C24H38O3. The number of aromatic carboxylic acids is 1. The second-order valence-corrected chi connectivity index (χ2v) is 6.60. The summed E-state index contributed by atoms with van der Waals surface area (Å²) in [5.74, 6) is -0.0821. The van der Waals surface area contributed by atoms with Gasteiger partial charge in [0.1, 0.15) is 0 Å². The monoisotopic (exact) mass is 374 g/mol. The Balaban J connectivity index is 0.000000838. The lowest BCUT2D eigenvalue weighted by molar-refractivity contribution is 0.0696. The van der Waals surface area contributed by atoms with Crippen LogP contribution in [0.15, 0.2) is 48.3 Å². The van der Waals surface area contributed by atoms with E-state index in [0.717, 1.165) is 25.0 Å². The Bertz CT molecular complexity index is 608. The van der Waals surface area contributed by atoms with Crippen molar-refractivity contribution in [2.24, 2.45) is 0 Å². The summed E-state index contributed by atoms with van der Waals surface area (Å²) in [5.41, 5.74) is 3.11. The van der Waals surface area contributed by atoms with Crippen molar-refractivity contribution in [3.63, 3.8) is 0 Å². The van der Waals surface area contributed by atoms with Crippen LogP contribution in [0.25, 0.3) is 0 Å². The molecule has 1 aromatic carbocycles. The summed E-state index contributed by atoms with van der Waals surface area (Å²) < 4.78 is 4.56. The van der Waals surface area contributed by atoms with Crippen LogP contribution in [0.1, 0.15) is 89.1 Å². The highest BCUT2D eigenvalue weighted by atomic mass is 16.5. The molecule has 1 saturated carbocycles. The van der Waals surface area contributed by atoms with Gasteiger partial charge in [-0.15, -0.1) is 0 Å². The SMILES string of the molecule is C/C=C(\CC)C1(c2cccc(C(=O)O)c2)CCCCC1.C=C(C)OC.CC. The zero-order valence-electron chi connectivity index (χ0n) is 18.1. The van der Waals surface area contributed by atoms with Crippen LogP contribution in [-0.2, 0) is 10.2 Å². The smallest absolute Gasteiger partial charge is 0.335 e. The van der Waals surface area contributed by atoms with E-state index >= 15 is 0 Å². The number of carboxylic acids is 1. The fourth-order valence-corrected chi connectivity index (χ4v) is 3.72. The third kappa shape index (κ3) is 7.24. The Labute approximate surface area is 166 Å². The molecule has 0 unspecified atom stereocenters. The third-order valence-electron chi connectivity index (χ3n) is 5.06. The summed E-state index contributed by atoms with van der Waals surface area (Å²) in [6, 6.07) is 7.56. The van der Waals surface area contributed by atoms with Crippen LogP contribution in [0.3, 0.4) is 0 Å². The average Bonchev–Trinajstić information content (AvgIpc) is 2.71. The molecule has 1 aliphatic rings. The second kappa shape index (κ2) is 13.2. The molecule has 0 atom stereocenters. The maximum Gasteiger partial charge on any atom is 0.335 e. The number of hydrogen-bond donors (Lipinski definition) is 1. The summed E-state index contributed by atoms with van der Waals surface area (Å²) in [6.07, 6.45) is 9.31. The molecule has 0 saturated heterocycles. The molecule has 1 aliphatic carbocycles. The first-order valence-corrected chi connectivity index (χ1v) is 10.1. The van der Waals surface area contributed by atoms with Gasteiger partial charge in [-0.2, -0.15) is 0 Å². The minimum absolute atomic E-state index is 0.0627.